The molecule has 1 aromatic carbocycles. The summed E-state index contributed by atoms with van der Waals surface area (Å²) in [7, 11) is 0. The maximum Gasteiger partial charge on any atom is 0.338 e. The molecule has 1 aliphatic heterocycles. The number of carbonyl (C=O) groups is 2. The van der Waals surface area contributed by atoms with Crippen LogP contribution < -0.4 is 0 Å². The number of esters is 1. The smallest absolute Gasteiger partial charge is 0.338 e. The lowest BCUT2D eigenvalue weighted by atomic mass is 10.0. The van der Waals surface area contributed by atoms with Gasteiger partial charge >= 0.3 is 5.97 Å². The highest BCUT2D eigenvalue weighted by Gasteiger charge is 2.22. The first-order chi connectivity index (χ1) is 6.33. The number of fused-ring (bicyclic) bond motifs is 1. The molecule has 0 saturated carbocycles. The maximum atomic E-state index is 11.1. The third-order valence-electron chi connectivity index (χ3n) is 2.14. The van der Waals surface area contributed by atoms with E-state index in [1.54, 1.807) is 12.1 Å². The zero-order valence-corrected chi connectivity index (χ0v) is 6.95. The average Bonchev–Trinajstić information content (AvgIpc) is 2.50. The number of hydrogen-bond donors (Lipinski definition) is 0. The van der Waals surface area contributed by atoms with Gasteiger partial charge in [0.2, 0.25) is 0 Å². The van der Waals surface area contributed by atoms with Crippen LogP contribution in [0, 0.1) is 0 Å². The largest absolute Gasteiger partial charge is 0.457 e. The van der Waals surface area contributed by atoms with E-state index < -0.39 is 0 Å². The van der Waals surface area contributed by atoms with Crippen LogP contribution in [0.15, 0.2) is 18.2 Å². The molecular weight excluding hydrogens is 168 g/mol. The fraction of sp³-hybridized carbons (Fsp3) is 0.200. The van der Waals surface area contributed by atoms with Crippen molar-refractivity contribution in [3.63, 3.8) is 0 Å². The lowest BCUT2D eigenvalue weighted by molar-refractivity contribution is -0.107. The molecule has 66 valence electrons. The summed E-state index contributed by atoms with van der Waals surface area (Å²) in [6.45, 7) is 0.304. The highest BCUT2D eigenvalue weighted by molar-refractivity contribution is 5.93. The van der Waals surface area contributed by atoms with Gasteiger partial charge in [0.1, 0.15) is 12.9 Å². The summed E-state index contributed by atoms with van der Waals surface area (Å²) in [5.74, 6) is -0.289. The molecule has 0 spiro atoms. The van der Waals surface area contributed by atoms with E-state index >= 15 is 0 Å². The summed E-state index contributed by atoms with van der Waals surface area (Å²) < 4.78 is 4.86. The molecule has 2 rings (SSSR count). The minimum atomic E-state index is -0.289. The Hall–Kier alpha value is -1.64. The van der Waals surface area contributed by atoms with E-state index in [1.165, 1.54) is 0 Å². The fourth-order valence-corrected chi connectivity index (χ4v) is 1.49. The Kier molecular flexibility index (Phi) is 1.85. The molecule has 1 heterocycles. The number of aldehydes is 1. The summed E-state index contributed by atoms with van der Waals surface area (Å²) in [6.07, 6.45) is 1.18. The van der Waals surface area contributed by atoms with Gasteiger partial charge < -0.3 is 9.53 Å². The minimum Gasteiger partial charge on any atom is -0.457 e. The van der Waals surface area contributed by atoms with Crippen molar-refractivity contribution in [1.82, 2.24) is 0 Å². The Morgan fingerprint density at radius 3 is 3.08 bits per heavy atom. The van der Waals surface area contributed by atoms with Crippen molar-refractivity contribution in [3.05, 3.63) is 34.9 Å². The Balaban J connectivity index is 2.50. The van der Waals surface area contributed by atoms with Crippen molar-refractivity contribution < 1.29 is 14.3 Å². The van der Waals surface area contributed by atoms with E-state index in [-0.39, 0.29) is 5.97 Å². The lowest BCUT2D eigenvalue weighted by Crippen LogP contribution is -1.96. The second-order valence-electron chi connectivity index (χ2n) is 2.89. The summed E-state index contributed by atoms with van der Waals surface area (Å²) in [5.41, 5.74) is 2.34. The van der Waals surface area contributed by atoms with Crippen molar-refractivity contribution in [2.24, 2.45) is 0 Å². The van der Waals surface area contributed by atoms with E-state index in [0.717, 1.165) is 17.4 Å². The maximum absolute atomic E-state index is 11.1. The van der Waals surface area contributed by atoms with Crippen LogP contribution in [-0.4, -0.2) is 12.3 Å². The number of rotatable bonds is 2. The SMILES string of the molecule is O=CCc1cccc2c1COC2=O. The lowest BCUT2D eigenvalue weighted by Gasteiger charge is -2.00. The van der Waals surface area contributed by atoms with E-state index in [4.69, 9.17) is 4.74 Å². The van der Waals surface area contributed by atoms with Gasteiger partial charge in [-0.1, -0.05) is 12.1 Å². The van der Waals surface area contributed by atoms with Crippen LogP contribution in [0.25, 0.3) is 0 Å². The zero-order valence-electron chi connectivity index (χ0n) is 6.95. The van der Waals surface area contributed by atoms with Crippen molar-refractivity contribution in [3.8, 4) is 0 Å². The van der Waals surface area contributed by atoms with Crippen molar-refractivity contribution in [2.45, 2.75) is 13.0 Å². The topological polar surface area (TPSA) is 43.4 Å². The molecule has 0 aliphatic carbocycles. The van der Waals surface area contributed by atoms with Crippen LogP contribution in [0.1, 0.15) is 21.5 Å². The molecule has 3 nitrogen and oxygen atoms in total. The predicted octanol–water partition coefficient (Wildman–Crippen LogP) is 1.10. The average molecular weight is 176 g/mol. The fourth-order valence-electron chi connectivity index (χ4n) is 1.49. The van der Waals surface area contributed by atoms with Crippen molar-refractivity contribution in [1.29, 1.82) is 0 Å². The van der Waals surface area contributed by atoms with Gasteiger partial charge in [0, 0.05) is 12.0 Å². The number of cyclic esters (lactones) is 1. The Morgan fingerprint density at radius 2 is 2.31 bits per heavy atom. The highest BCUT2D eigenvalue weighted by atomic mass is 16.5. The van der Waals surface area contributed by atoms with Gasteiger partial charge in [0.25, 0.3) is 0 Å². The second-order valence-corrected chi connectivity index (χ2v) is 2.89. The van der Waals surface area contributed by atoms with Crippen LogP contribution in [0.4, 0.5) is 0 Å². The van der Waals surface area contributed by atoms with Gasteiger partial charge in [-0.3, -0.25) is 0 Å². The normalized spacial score (nSPS) is 13.7. The quantitative estimate of drug-likeness (QED) is 0.500. The molecule has 0 unspecified atom stereocenters. The predicted molar refractivity (Wildman–Crippen MR) is 45.3 cm³/mol. The third-order valence-corrected chi connectivity index (χ3v) is 2.14. The summed E-state index contributed by atoms with van der Waals surface area (Å²) in [6, 6.07) is 5.33. The standard InChI is InChI=1S/C10H8O3/c11-5-4-7-2-1-3-8-9(7)6-13-10(8)12/h1-3,5H,4,6H2. The van der Waals surface area contributed by atoms with Gasteiger partial charge in [-0.2, -0.15) is 0 Å². The van der Waals surface area contributed by atoms with Gasteiger partial charge in [-0.15, -0.1) is 0 Å². The summed E-state index contributed by atoms with van der Waals surface area (Å²) in [4.78, 5) is 21.4. The zero-order chi connectivity index (χ0) is 9.26. The molecule has 0 amide bonds. The summed E-state index contributed by atoms with van der Waals surface area (Å²) in [5, 5.41) is 0. The third kappa shape index (κ3) is 1.22. The first-order valence-corrected chi connectivity index (χ1v) is 4.04. The molecular formula is C10H8O3. The van der Waals surface area contributed by atoms with Crippen LogP contribution in [0.5, 0.6) is 0 Å². The highest BCUT2D eigenvalue weighted by Crippen LogP contribution is 2.23. The molecule has 0 radical (unpaired) electrons. The first-order valence-electron chi connectivity index (χ1n) is 4.04. The Bertz CT molecular complexity index is 368. The van der Waals surface area contributed by atoms with Gasteiger partial charge in [0.15, 0.2) is 0 Å². The van der Waals surface area contributed by atoms with Crippen molar-refractivity contribution in [2.75, 3.05) is 0 Å². The molecule has 3 heteroatoms. The molecule has 0 aromatic heterocycles. The van der Waals surface area contributed by atoms with E-state index in [1.807, 2.05) is 6.07 Å². The van der Waals surface area contributed by atoms with Gasteiger partial charge in [-0.05, 0) is 11.6 Å². The van der Waals surface area contributed by atoms with Gasteiger partial charge in [0.05, 0.1) is 5.56 Å². The molecule has 0 fully saturated rings. The van der Waals surface area contributed by atoms with E-state index in [9.17, 15) is 9.59 Å². The number of benzene rings is 1. The minimum absolute atomic E-state index is 0.289. The Morgan fingerprint density at radius 1 is 1.46 bits per heavy atom. The van der Waals surface area contributed by atoms with Crippen molar-refractivity contribution >= 4 is 12.3 Å². The molecule has 13 heavy (non-hydrogen) atoms. The van der Waals surface area contributed by atoms with Crippen LogP contribution in [-0.2, 0) is 22.6 Å². The number of hydrogen-bond acceptors (Lipinski definition) is 3. The molecule has 1 aliphatic rings. The number of ether oxygens (including phenoxy) is 1. The van der Waals surface area contributed by atoms with Crippen LogP contribution in [0.3, 0.4) is 0 Å². The molecule has 0 bridgehead atoms. The number of carbonyl (C=O) groups excluding carboxylic acids is 2. The van der Waals surface area contributed by atoms with Crippen LogP contribution in [0.2, 0.25) is 0 Å². The van der Waals surface area contributed by atoms with E-state index in [2.05, 4.69) is 0 Å². The molecule has 1 aromatic rings. The molecule has 0 N–H and O–H groups in total. The summed E-state index contributed by atoms with van der Waals surface area (Å²) >= 11 is 0. The monoisotopic (exact) mass is 176 g/mol. The first kappa shape index (κ1) is 7.98. The molecule has 0 saturated heterocycles. The van der Waals surface area contributed by atoms with Crippen LogP contribution >= 0.6 is 0 Å². The molecule has 0 atom stereocenters. The van der Waals surface area contributed by atoms with E-state index in [0.29, 0.717) is 18.6 Å². The van der Waals surface area contributed by atoms with Gasteiger partial charge in [-0.25, -0.2) is 4.79 Å². The second kappa shape index (κ2) is 3.01. The Labute approximate surface area is 75.3 Å².